The first kappa shape index (κ1) is 7.90. The van der Waals surface area contributed by atoms with E-state index >= 15 is 0 Å². The molecule has 0 spiro atoms. The average Bonchev–Trinajstić information content (AvgIpc) is 2.23. The molecular weight excluding hydrogens is 156 g/mol. The van der Waals surface area contributed by atoms with E-state index in [1.54, 1.807) is 0 Å². The summed E-state index contributed by atoms with van der Waals surface area (Å²) in [7, 11) is 0. The molecule has 3 heteroatoms. The van der Waals surface area contributed by atoms with Crippen LogP contribution in [0, 0.1) is 5.92 Å². The Hall–Kier alpha value is -0.730. The second-order valence-electron chi connectivity index (χ2n) is 3.83. The molecule has 0 N–H and O–H groups in total. The van der Waals surface area contributed by atoms with Gasteiger partial charge in [0.1, 0.15) is 12.2 Å². The summed E-state index contributed by atoms with van der Waals surface area (Å²) in [5.41, 5.74) is 0. The number of fused-ring (bicyclic) bond motifs is 1. The van der Waals surface area contributed by atoms with Crippen molar-refractivity contribution < 1.29 is 14.3 Å². The van der Waals surface area contributed by atoms with Gasteiger partial charge in [-0.15, -0.1) is 0 Å². The van der Waals surface area contributed by atoms with Gasteiger partial charge < -0.3 is 9.47 Å². The van der Waals surface area contributed by atoms with Gasteiger partial charge in [0, 0.05) is 0 Å². The number of rotatable bonds is 0. The van der Waals surface area contributed by atoms with Gasteiger partial charge in [0.2, 0.25) is 0 Å². The molecule has 0 radical (unpaired) electrons. The first-order valence-electron chi connectivity index (χ1n) is 4.63. The van der Waals surface area contributed by atoms with Crippen LogP contribution < -0.4 is 0 Å². The molecule has 0 aromatic rings. The van der Waals surface area contributed by atoms with Gasteiger partial charge >= 0.3 is 6.16 Å². The lowest BCUT2D eigenvalue weighted by molar-refractivity contribution is 0.110. The molecule has 0 aromatic heterocycles. The van der Waals surface area contributed by atoms with Gasteiger partial charge in [-0.1, -0.05) is 13.3 Å². The molecule has 0 bridgehead atoms. The summed E-state index contributed by atoms with van der Waals surface area (Å²) in [4.78, 5) is 10.8. The first-order chi connectivity index (χ1) is 5.75. The molecule has 68 valence electrons. The van der Waals surface area contributed by atoms with E-state index in [0.29, 0.717) is 5.92 Å². The van der Waals surface area contributed by atoms with Crippen molar-refractivity contribution in [2.75, 3.05) is 0 Å². The van der Waals surface area contributed by atoms with Gasteiger partial charge in [0.15, 0.2) is 0 Å². The van der Waals surface area contributed by atoms with Crippen LogP contribution in [0.15, 0.2) is 0 Å². The molecule has 2 fully saturated rings. The van der Waals surface area contributed by atoms with Gasteiger partial charge in [0.25, 0.3) is 0 Å². The number of hydrogen-bond donors (Lipinski definition) is 0. The van der Waals surface area contributed by atoms with Crippen molar-refractivity contribution >= 4 is 6.16 Å². The van der Waals surface area contributed by atoms with Gasteiger partial charge in [-0.3, -0.25) is 0 Å². The largest absolute Gasteiger partial charge is 0.509 e. The Morgan fingerprint density at radius 1 is 1.25 bits per heavy atom. The minimum Gasteiger partial charge on any atom is -0.427 e. The SMILES string of the molecule is CC1CCC[C@H]2OC(=O)O[C@H]2C1. The van der Waals surface area contributed by atoms with Crippen molar-refractivity contribution in [2.24, 2.45) is 5.92 Å². The first-order valence-corrected chi connectivity index (χ1v) is 4.63. The number of hydrogen-bond acceptors (Lipinski definition) is 3. The number of ether oxygens (including phenoxy) is 2. The maximum absolute atomic E-state index is 10.8. The smallest absolute Gasteiger partial charge is 0.427 e. The van der Waals surface area contributed by atoms with Gasteiger partial charge in [-0.2, -0.15) is 0 Å². The van der Waals surface area contributed by atoms with E-state index in [0.717, 1.165) is 19.3 Å². The highest BCUT2D eigenvalue weighted by atomic mass is 16.8. The van der Waals surface area contributed by atoms with E-state index < -0.39 is 6.16 Å². The fraction of sp³-hybridized carbons (Fsp3) is 0.889. The second kappa shape index (κ2) is 2.96. The standard InChI is InChI=1S/C9H14O3/c1-6-3-2-4-7-8(5-6)12-9(10)11-7/h6-8H,2-5H2,1H3/t6?,7-,8+/m1/s1. The molecule has 3 nitrogen and oxygen atoms in total. The number of carbonyl (C=O) groups excluding carboxylic acids is 1. The lowest BCUT2D eigenvalue weighted by Crippen LogP contribution is -2.21. The van der Waals surface area contributed by atoms with Crippen LogP contribution in [0.1, 0.15) is 32.6 Å². The molecule has 0 aromatic carbocycles. The van der Waals surface area contributed by atoms with Crippen molar-refractivity contribution in [3.63, 3.8) is 0 Å². The molecule has 1 saturated heterocycles. The van der Waals surface area contributed by atoms with E-state index in [9.17, 15) is 4.79 Å². The molecule has 12 heavy (non-hydrogen) atoms. The van der Waals surface area contributed by atoms with E-state index in [4.69, 9.17) is 9.47 Å². The zero-order chi connectivity index (χ0) is 8.55. The summed E-state index contributed by atoms with van der Waals surface area (Å²) in [6.07, 6.45) is 3.93. The Morgan fingerprint density at radius 3 is 2.83 bits per heavy atom. The monoisotopic (exact) mass is 170 g/mol. The van der Waals surface area contributed by atoms with E-state index in [2.05, 4.69) is 6.92 Å². The Bertz CT molecular complexity index is 190. The van der Waals surface area contributed by atoms with Crippen LogP contribution >= 0.6 is 0 Å². The average molecular weight is 170 g/mol. The molecule has 1 saturated carbocycles. The van der Waals surface area contributed by atoms with E-state index in [-0.39, 0.29) is 12.2 Å². The summed E-state index contributed by atoms with van der Waals surface area (Å²) in [5.74, 6) is 0.662. The summed E-state index contributed by atoms with van der Waals surface area (Å²) in [6, 6.07) is 0. The van der Waals surface area contributed by atoms with Crippen LogP contribution in [0.5, 0.6) is 0 Å². The summed E-state index contributed by atoms with van der Waals surface area (Å²) in [6.45, 7) is 2.20. The second-order valence-corrected chi connectivity index (χ2v) is 3.83. The molecule has 1 aliphatic carbocycles. The van der Waals surface area contributed by atoms with Crippen molar-refractivity contribution in [3.05, 3.63) is 0 Å². The molecule has 2 rings (SSSR count). The van der Waals surface area contributed by atoms with Gasteiger partial charge in [-0.25, -0.2) is 4.79 Å². The molecule has 3 atom stereocenters. The minimum atomic E-state index is -0.473. The Labute approximate surface area is 72.0 Å². The fourth-order valence-corrected chi connectivity index (χ4v) is 2.05. The Morgan fingerprint density at radius 2 is 2.00 bits per heavy atom. The van der Waals surface area contributed by atoms with E-state index in [1.807, 2.05) is 0 Å². The fourth-order valence-electron chi connectivity index (χ4n) is 2.05. The molecule has 1 aliphatic heterocycles. The maximum atomic E-state index is 10.8. The van der Waals surface area contributed by atoms with Crippen LogP contribution in [0.2, 0.25) is 0 Å². The van der Waals surface area contributed by atoms with Crippen molar-refractivity contribution in [1.29, 1.82) is 0 Å². The lowest BCUT2D eigenvalue weighted by atomic mass is 10.0. The third kappa shape index (κ3) is 1.40. The summed E-state index contributed by atoms with van der Waals surface area (Å²) >= 11 is 0. The van der Waals surface area contributed by atoms with Crippen molar-refractivity contribution in [2.45, 2.75) is 44.8 Å². The topological polar surface area (TPSA) is 35.5 Å². The number of carbonyl (C=O) groups is 1. The van der Waals surface area contributed by atoms with Crippen LogP contribution in [-0.4, -0.2) is 18.4 Å². The van der Waals surface area contributed by atoms with Crippen LogP contribution in [0.25, 0.3) is 0 Å². The summed E-state index contributed by atoms with van der Waals surface area (Å²) < 4.78 is 10.1. The molecule has 2 aliphatic rings. The normalized spacial score (nSPS) is 41.1. The Balaban J connectivity index is 2.03. The quantitative estimate of drug-likeness (QED) is 0.522. The maximum Gasteiger partial charge on any atom is 0.509 e. The lowest BCUT2D eigenvalue weighted by Gasteiger charge is -2.12. The van der Waals surface area contributed by atoms with Crippen molar-refractivity contribution in [3.8, 4) is 0 Å². The van der Waals surface area contributed by atoms with Crippen LogP contribution in [0.4, 0.5) is 4.79 Å². The third-order valence-corrected chi connectivity index (χ3v) is 2.73. The van der Waals surface area contributed by atoms with Crippen molar-refractivity contribution in [1.82, 2.24) is 0 Å². The zero-order valence-electron chi connectivity index (χ0n) is 7.29. The van der Waals surface area contributed by atoms with Gasteiger partial charge in [0.05, 0.1) is 0 Å². The predicted molar refractivity (Wildman–Crippen MR) is 42.8 cm³/mol. The Kier molecular flexibility index (Phi) is 1.95. The van der Waals surface area contributed by atoms with Crippen LogP contribution in [0.3, 0.4) is 0 Å². The predicted octanol–water partition coefficient (Wildman–Crippen LogP) is 2.10. The van der Waals surface area contributed by atoms with E-state index in [1.165, 1.54) is 6.42 Å². The minimum absolute atomic E-state index is 0.0370. The highest BCUT2D eigenvalue weighted by molar-refractivity contribution is 5.62. The van der Waals surface area contributed by atoms with Gasteiger partial charge in [-0.05, 0) is 25.2 Å². The highest BCUT2D eigenvalue weighted by Gasteiger charge is 2.38. The molecule has 0 amide bonds. The van der Waals surface area contributed by atoms with Crippen LogP contribution in [-0.2, 0) is 9.47 Å². The summed E-state index contributed by atoms with van der Waals surface area (Å²) in [5, 5.41) is 0. The zero-order valence-corrected chi connectivity index (χ0v) is 7.29. The molecular formula is C9H14O3. The third-order valence-electron chi connectivity index (χ3n) is 2.73. The highest BCUT2D eigenvalue weighted by Crippen LogP contribution is 2.31. The molecule has 1 heterocycles. The molecule has 1 unspecified atom stereocenters.